The van der Waals surface area contributed by atoms with Gasteiger partial charge in [-0.3, -0.25) is 4.79 Å². The Morgan fingerprint density at radius 1 is 1.23 bits per heavy atom. The average Bonchev–Trinajstić information content (AvgIpc) is 3.11. The maximum absolute atomic E-state index is 12.4. The first-order valence-corrected chi connectivity index (χ1v) is 11.0. The van der Waals surface area contributed by atoms with Crippen LogP contribution in [-0.4, -0.2) is 47.7 Å². The highest BCUT2D eigenvalue weighted by molar-refractivity contribution is 7.89. The van der Waals surface area contributed by atoms with Crippen molar-refractivity contribution in [2.45, 2.75) is 26.7 Å². The number of piperidine rings is 1. The molecule has 1 aliphatic heterocycles. The van der Waals surface area contributed by atoms with E-state index in [1.807, 2.05) is 31.2 Å². The molecule has 1 aromatic carbocycles. The van der Waals surface area contributed by atoms with Crippen molar-refractivity contribution in [3.05, 3.63) is 29.8 Å². The Morgan fingerprint density at radius 2 is 1.88 bits per heavy atom. The number of rotatable bonds is 5. The third kappa shape index (κ3) is 4.28. The van der Waals surface area contributed by atoms with Gasteiger partial charge in [0.2, 0.25) is 21.1 Å². The third-order valence-corrected chi connectivity index (χ3v) is 7.31. The SMILES string of the molecule is CCS(=O)(=O)N1CCC(C(=O)Nc2nnc(-c3ccc(C)cc3)s2)CC1. The molecule has 0 aliphatic carbocycles. The summed E-state index contributed by atoms with van der Waals surface area (Å²) < 4.78 is 25.2. The molecule has 26 heavy (non-hydrogen) atoms. The van der Waals surface area contributed by atoms with Crippen molar-refractivity contribution in [1.29, 1.82) is 0 Å². The normalized spacial score (nSPS) is 16.5. The standard InChI is InChI=1S/C17H22N4O3S2/c1-3-26(23,24)21-10-8-13(9-11-21)15(22)18-17-20-19-16(25-17)14-6-4-12(2)5-7-14/h4-7,13H,3,8-11H2,1-2H3,(H,18,20,22). The van der Waals surface area contributed by atoms with Crippen LogP contribution in [0.25, 0.3) is 10.6 Å². The summed E-state index contributed by atoms with van der Waals surface area (Å²) in [6, 6.07) is 7.97. The Balaban J connectivity index is 1.58. The largest absolute Gasteiger partial charge is 0.300 e. The number of carbonyl (C=O) groups is 1. The molecule has 0 saturated carbocycles. The van der Waals surface area contributed by atoms with Crippen molar-refractivity contribution in [2.75, 3.05) is 24.2 Å². The lowest BCUT2D eigenvalue weighted by Crippen LogP contribution is -2.42. The number of carbonyl (C=O) groups excluding carboxylic acids is 1. The Kier molecular flexibility index (Phi) is 5.69. The molecule has 1 aliphatic rings. The van der Waals surface area contributed by atoms with E-state index in [1.54, 1.807) is 6.92 Å². The van der Waals surface area contributed by atoms with Gasteiger partial charge < -0.3 is 5.32 Å². The van der Waals surface area contributed by atoms with E-state index in [9.17, 15) is 13.2 Å². The fraction of sp³-hybridized carbons (Fsp3) is 0.471. The molecular formula is C17H22N4O3S2. The molecular weight excluding hydrogens is 372 g/mol. The van der Waals surface area contributed by atoms with E-state index in [4.69, 9.17) is 0 Å². The lowest BCUT2D eigenvalue weighted by molar-refractivity contribution is -0.120. The molecule has 0 radical (unpaired) electrons. The maximum Gasteiger partial charge on any atom is 0.229 e. The van der Waals surface area contributed by atoms with Crippen LogP contribution >= 0.6 is 11.3 Å². The highest BCUT2D eigenvalue weighted by Crippen LogP contribution is 2.28. The van der Waals surface area contributed by atoms with Crippen LogP contribution in [-0.2, 0) is 14.8 Å². The van der Waals surface area contributed by atoms with E-state index in [0.29, 0.717) is 31.1 Å². The van der Waals surface area contributed by atoms with Crippen LogP contribution < -0.4 is 5.32 Å². The van der Waals surface area contributed by atoms with E-state index in [-0.39, 0.29) is 17.6 Å². The van der Waals surface area contributed by atoms with Gasteiger partial charge in [-0.15, -0.1) is 10.2 Å². The van der Waals surface area contributed by atoms with Crippen LogP contribution in [0.4, 0.5) is 5.13 Å². The van der Waals surface area contributed by atoms with E-state index in [2.05, 4.69) is 15.5 Å². The molecule has 3 rings (SSSR count). The molecule has 1 N–H and O–H groups in total. The highest BCUT2D eigenvalue weighted by atomic mass is 32.2. The zero-order valence-electron chi connectivity index (χ0n) is 14.8. The summed E-state index contributed by atoms with van der Waals surface area (Å²) in [6.07, 6.45) is 1.05. The van der Waals surface area contributed by atoms with Gasteiger partial charge in [0.05, 0.1) is 5.75 Å². The molecule has 140 valence electrons. The molecule has 1 fully saturated rings. The molecule has 2 aromatic rings. The number of aromatic nitrogens is 2. The summed E-state index contributed by atoms with van der Waals surface area (Å²) in [7, 11) is -3.18. The molecule has 0 bridgehead atoms. The predicted octanol–water partition coefficient (Wildman–Crippen LogP) is 2.51. The maximum atomic E-state index is 12.4. The molecule has 7 nitrogen and oxygen atoms in total. The fourth-order valence-electron chi connectivity index (χ4n) is 2.87. The van der Waals surface area contributed by atoms with E-state index in [1.165, 1.54) is 21.2 Å². The highest BCUT2D eigenvalue weighted by Gasteiger charge is 2.30. The van der Waals surface area contributed by atoms with Crippen molar-refractivity contribution in [3.63, 3.8) is 0 Å². The monoisotopic (exact) mass is 394 g/mol. The molecule has 2 heterocycles. The summed E-state index contributed by atoms with van der Waals surface area (Å²) in [5.74, 6) is -0.230. The lowest BCUT2D eigenvalue weighted by atomic mass is 9.97. The second kappa shape index (κ2) is 7.81. The smallest absolute Gasteiger partial charge is 0.229 e. The number of anilines is 1. The number of sulfonamides is 1. The summed E-state index contributed by atoms with van der Waals surface area (Å²) in [6.45, 7) is 4.43. The fourth-order valence-corrected chi connectivity index (χ4v) is 4.76. The van der Waals surface area contributed by atoms with Gasteiger partial charge in [-0.05, 0) is 26.7 Å². The van der Waals surface area contributed by atoms with E-state index in [0.717, 1.165) is 10.6 Å². The van der Waals surface area contributed by atoms with Gasteiger partial charge >= 0.3 is 0 Å². The first kappa shape index (κ1) is 18.9. The van der Waals surface area contributed by atoms with E-state index >= 15 is 0 Å². The van der Waals surface area contributed by atoms with Crippen molar-refractivity contribution >= 4 is 32.4 Å². The number of hydrogen-bond donors (Lipinski definition) is 1. The third-order valence-electron chi connectivity index (χ3n) is 4.54. The molecule has 0 spiro atoms. The minimum absolute atomic E-state index is 0.0937. The number of nitrogens with one attached hydrogen (secondary N) is 1. The van der Waals surface area contributed by atoms with Gasteiger partial charge in [-0.2, -0.15) is 0 Å². The predicted molar refractivity (Wildman–Crippen MR) is 102 cm³/mol. The van der Waals surface area contributed by atoms with Crippen LogP contribution in [0.2, 0.25) is 0 Å². The number of amides is 1. The van der Waals surface area contributed by atoms with Gasteiger partial charge in [-0.25, -0.2) is 12.7 Å². The quantitative estimate of drug-likeness (QED) is 0.841. The topological polar surface area (TPSA) is 92.3 Å². The Morgan fingerprint density at radius 3 is 2.50 bits per heavy atom. The van der Waals surface area contributed by atoms with Gasteiger partial charge in [0.1, 0.15) is 5.01 Å². The van der Waals surface area contributed by atoms with Gasteiger partial charge in [0.25, 0.3) is 0 Å². The van der Waals surface area contributed by atoms with Gasteiger partial charge in [-0.1, -0.05) is 41.2 Å². The molecule has 1 saturated heterocycles. The zero-order chi connectivity index (χ0) is 18.7. The lowest BCUT2D eigenvalue weighted by Gasteiger charge is -2.29. The molecule has 0 unspecified atom stereocenters. The Labute approximate surface area is 157 Å². The second-order valence-electron chi connectivity index (χ2n) is 6.34. The average molecular weight is 395 g/mol. The Hall–Kier alpha value is -1.84. The number of nitrogens with zero attached hydrogens (tertiary/aromatic N) is 3. The first-order valence-electron chi connectivity index (χ1n) is 8.58. The van der Waals surface area contributed by atoms with Crippen molar-refractivity contribution in [1.82, 2.24) is 14.5 Å². The van der Waals surface area contributed by atoms with Crippen molar-refractivity contribution in [3.8, 4) is 10.6 Å². The van der Waals surface area contributed by atoms with Crippen molar-refractivity contribution < 1.29 is 13.2 Å². The molecule has 9 heteroatoms. The summed E-state index contributed by atoms with van der Waals surface area (Å²) in [4.78, 5) is 12.4. The summed E-state index contributed by atoms with van der Waals surface area (Å²) >= 11 is 1.33. The van der Waals surface area contributed by atoms with Gasteiger partial charge in [0, 0.05) is 24.6 Å². The molecule has 1 amide bonds. The molecule has 0 atom stereocenters. The van der Waals surface area contributed by atoms with Crippen LogP contribution in [0.1, 0.15) is 25.3 Å². The van der Waals surface area contributed by atoms with Crippen LogP contribution in [0.5, 0.6) is 0 Å². The first-order chi connectivity index (χ1) is 12.4. The number of aryl methyl sites for hydroxylation is 1. The minimum Gasteiger partial charge on any atom is -0.300 e. The number of benzene rings is 1. The van der Waals surface area contributed by atoms with Crippen molar-refractivity contribution in [2.24, 2.45) is 5.92 Å². The zero-order valence-corrected chi connectivity index (χ0v) is 16.4. The second-order valence-corrected chi connectivity index (χ2v) is 9.58. The van der Waals surface area contributed by atoms with Crippen LogP contribution in [0.15, 0.2) is 24.3 Å². The van der Waals surface area contributed by atoms with Crippen LogP contribution in [0.3, 0.4) is 0 Å². The van der Waals surface area contributed by atoms with Gasteiger partial charge in [0.15, 0.2) is 0 Å². The number of hydrogen-bond acceptors (Lipinski definition) is 6. The summed E-state index contributed by atoms with van der Waals surface area (Å²) in [5.41, 5.74) is 2.13. The van der Waals surface area contributed by atoms with E-state index < -0.39 is 10.0 Å². The Bertz CT molecular complexity index is 870. The van der Waals surface area contributed by atoms with Crippen LogP contribution in [0, 0.1) is 12.8 Å². The summed E-state index contributed by atoms with van der Waals surface area (Å²) in [5, 5.41) is 12.2. The minimum atomic E-state index is -3.18. The molecule has 1 aromatic heterocycles.